The molecule has 152 valence electrons. The van der Waals surface area contributed by atoms with Gasteiger partial charge in [-0.2, -0.15) is 0 Å². The van der Waals surface area contributed by atoms with Gasteiger partial charge in [-0.1, -0.05) is 24.3 Å². The highest BCUT2D eigenvalue weighted by Crippen LogP contribution is 2.20. The smallest absolute Gasteiger partial charge is 0.253 e. The fourth-order valence-electron chi connectivity index (χ4n) is 3.55. The zero-order valence-corrected chi connectivity index (χ0v) is 17.8. The van der Waals surface area contributed by atoms with Crippen molar-refractivity contribution in [2.75, 3.05) is 5.32 Å². The number of rotatable bonds is 5. The minimum Gasteiger partial charge on any atom is -0.467 e. The number of aryl methyl sites for hydroxylation is 2. The van der Waals surface area contributed by atoms with E-state index in [4.69, 9.17) is 16.6 Å². The first-order chi connectivity index (χ1) is 14.5. The number of para-hydroxylation sites is 1. The van der Waals surface area contributed by atoms with Gasteiger partial charge in [0.15, 0.2) is 5.11 Å². The molecule has 5 nitrogen and oxygen atoms in total. The van der Waals surface area contributed by atoms with Crippen LogP contribution in [0.4, 0.5) is 5.69 Å². The number of pyridine rings is 1. The largest absolute Gasteiger partial charge is 0.467 e. The molecule has 6 heteroatoms. The zero-order chi connectivity index (χ0) is 21.1. The van der Waals surface area contributed by atoms with Crippen molar-refractivity contribution < 1.29 is 4.42 Å². The van der Waals surface area contributed by atoms with Gasteiger partial charge in [0.25, 0.3) is 5.56 Å². The summed E-state index contributed by atoms with van der Waals surface area (Å²) < 4.78 is 5.52. The lowest BCUT2D eigenvalue weighted by Crippen LogP contribution is -2.35. The van der Waals surface area contributed by atoms with Gasteiger partial charge in [0.1, 0.15) is 5.76 Å². The number of hydrogen-bond donors (Lipinski definition) is 2. The van der Waals surface area contributed by atoms with E-state index < -0.39 is 0 Å². The Hall–Kier alpha value is -3.38. The van der Waals surface area contributed by atoms with Crippen LogP contribution in [0.1, 0.15) is 22.5 Å². The molecule has 2 aromatic carbocycles. The fourth-order valence-corrected chi connectivity index (χ4v) is 3.80. The van der Waals surface area contributed by atoms with E-state index in [1.807, 2.05) is 66.4 Å². The Kier molecular flexibility index (Phi) is 5.68. The lowest BCUT2D eigenvalue weighted by atomic mass is 10.0. The van der Waals surface area contributed by atoms with Crippen molar-refractivity contribution in [1.82, 2.24) is 9.88 Å². The van der Waals surface area contributed by atoms with Crippen LogP contribution >= 0.6 is 12.2 Å². The van der Waals surface area contributed by atoms with E-state index in [1.165, 1.54) is 0 Å². The standard InChI is InChI=1S/C24H23N3O2S/c1-16-11-17(2)21-13-18(23(28)26-22(21)12-16)14-27(15-20-9-6-10-29-20)24(30)25-19-7-4-3-5-8-19/h3-13H,14-15H2,1-2H3,(H,25,30)(H,26,28). The highest BCUT2D eigenvalue weighted by atomic mass is 32.1. The van der Waals surface area contributed by atoms with Crippen LogP contribution in [0.2, 0.25) is 0 Å². The van der Waals surface area contributed by atoms with Gasteiger partial charge >= 0.3 is 0 Å². The maximum atomic E-state index is 12.8. The predicted molar refractivity (Wildman–Crippen MR) is 125 cm³/mol. The van der Waals surface area contributed by atoms with E-state index in [0.29, 0.717) is 23.8 Å². The third-order valence-corrected chi connectivity index (χ3v) is 5.35. The summed E-state index contributed by atoms with van der Waals surface area (Å²) in [6.45, 7) is 4.89. The van der Waals surface area contributed by atoms with Crippen molar-refractivity contribution in [2.45, 2.75) is 26.9 Å². The molecule has 2 heterocycles. The van der Waals surface area contributed by atoms with Crippen LogP contribution in [-0.2, 0) is 13.1 Å². The first-order valence-corrected chi connectivity index (χ1v) is 10.2. The summed E-state index contributed by atoms with van der Waals surface area (Å²) in [7, 11) is 0. The number of hydrogen-bond acceptors (Lipinski definition) is 3. The quantitative estimate of drug-likeness (QED) is 0.441. The molecule has 0 amide bonds. The van der Waals surface area contributed by atoms with Crippen LogP contribution in [0.15, 0.2) is 76.1 Å². The molecule has 0 bridgehead atoms. The summed E-state index contributed by atoms with van der Waals surface area (Å²) in [5.74, 6) is 0.774. The van der Waals surface area contributed by atoms with E-state index >= 15 is 0 Å². The maximum Gasteiger partial charge on any atom is 0.253 e. The third kappa shape index (κ3) is 4.44. The minimum absolute atomic E-state index is 0.112. The van der Waals surface area contributed by atoms with E-state index in [9.17, 15) is 4.79 Å². The molecule has 0 aliphatic heterocycles. The number of furan rings is 1. The molecule has 2 N–H and O–H groups in total. The van der Waals surface area contributed by atoms with Gasteiger partial charge in [0.05, 0.1) is 19.4 Å². The van der Waals surface area contributed by atoms with Crippen molar-refractivity contribution in [2.24, 2.45) is 0 Å². The van der Waals surface area contributed by atoms with Gasteiger partial charge in [-0.15, -0.1) is 0 Å². The zero-order valence-electron chi connectivity index (χ0n) is 16.9. The summed E-state index contributed by atoms with van der Waals surface area (Å²) in [4.78, 5) is 17.8. The number of anilines is 1. The molecule has 30 heavy (non-hydrogen) atoms. The van der Waals surface area contributed by atoms with Crippen LogP contribution in [0.5, 0.6) is 0 Å². The predicted octanol–water partition coefficient (Wildman–Crippen LogP) is 5.14. The van der Waals surface area contributed by atoms with Gasteiger partial charge in [-0.25, -0.2) is 0 Å². The van der Waals surface area contributed by atoms with E-state index in [2.05, 4.69) is 23.3 Å². The average Bonchev–Trinajstić information content (AvgIpc) is 3.22. The minimum atomic E-state index is -0.112. The molecule has 2 aromatic heterocycles. The molecule has 0 aliphatic rings. The van der Waals surface area contributed by atoms with Crippen molar-refractivity contribution >= 4 is 33.9 Å². The van der Waals surface area contributed by atoms with Gasteiger partial charge in [0, 0.05) is 22.2 Å². The Labute approximate surface area is 180 Å². The molecular formula is C24H23N3O2S. The summed E-state index contributed by atoms with van der Waals surface area (Å²) in [6.07, 6.45) is 1.63. The first kappa shape index (κ1) is 19.9. The van der Waals surface area contributed by atoms with Crippen LogP contribution in [0.3, 0.4) is 0 Å². The summed E-state index contributed by atoms with van der Waals surface area (Å²) >= 11 is 5.67. The molecule has 0 spiro atoms. The molecule has 4 aromatic rings. The van der Waals surface area contributed by atoms with Gasteiger partial charge < -0.3 is 19.6 Å². The van der Waals surface area contributed by atoms with E-state index in [1.54, 1.807) is 6.26 Å². The normalized spacial score (nSPS) is 10.9. The van der Waals surface area contributed by atoms with Crippen molar-refractivity contribution in [1.29, 1.82) is 0 Å². The summed E-state index contributed by atoms with van der Waals surface area (Å²) in [5.41, 5.74) is 4.54. The Morgan fingerprint density at radius 1 is 1.07 bits per heavy atom. The molecule has 0 fully saturated rings. The fraction of sp³-hybridized carbons (Fsp3) is 0.167. The van der Waals surface area contributed by atoms with Crippen molar-refractivity contribution in [3.05, 3.63) is 99.7 Å². The topological polar surface area (TPSA) is 61.3 Å². The van der Waals surface area contributed by atoms with E-state index in [-0.39, 0.29) is 5.56 Å². The lowest BCUT2D eigenvalue weighted by molar-refractivity contribution is 0.359. The van der Waals surface area contributed by atoms with Gasteiger partial charge in [0.2, 0.25) is 0 Å². The molecule has 4 rings (SSSR count). The van der Waals surface area contributed by atoms with Crippen LogP contribution < -0.4 is 10.9 Å². The van der Waals surface area contributed by atoms with E-state index in [0.717, 1.165) is 33.5 Å². The second-order valence-electron chi connectivity index (χ2n) is 7.40. The molecule has 0 saturated heterocycles. The van der Waals surface area contributed by atoms with Gasteiger partial charge in [-0.3, -0.25) is 4.79 Å². The van der Waals surface area contributed by atoms with Crippen LogP contribution in [-0.4, -0.2) is 15.0 Å². The monoisotopic (exact) mass is 417 g/mol. The summed E-state index contributed by atoms with van der Waals surface area (Å²) in [5, 5.41) is 4.82. The SMILES string of the molecule is Cc1cc(C)c2cc(CN(Cc3ccco3)C(=S)Nc3ccccc3)c(=O)[nH]c2c1. The number of nitrogens with zero attached hydrogens (tertiary/aromatic N) is 1. The average molecular weight is 418 g/mol. The molecule has 0 saturated carbocycles. The molecule has 0 atom stereocenters. The maximum absolute atomic E-state index is 12.8. The Morgan fingerprint density at radius 2 is 1.87 bits per heavy atom. The number of benzene rings is 2. The highest BCUT2D eigenvalue weighted by Gasteiger charge is 2.16. The second-order valence-corrected chi connectivity index (χ2v) is 7.79. The molecule has 0 aliphatic carbocycles. The Morgan fingerprint density at radius 3 is 2.60 bits per heavy atom. The van der Waals surface area contributed by atoms with Crippen molar-refractivity contribution in [3.63, 3.8) is 0 Å². The first-order valence-electron chi connectivity index (χ1n) is 9.76. The Bertz CT molecular complexity index is 1230. The number of thiocarbonyl (C=S) groups is 1. The van der Waals surface area contributed by atoms with Crippen molar-refractivity contribution in [3.8, 4) is 0 Å². The summed E-state index contributed by atoms with van der Waals surface area (Å²) in [6, 6.07) is 19.6. The Balaban J connectivity index is 1.66. The second kappa shape index (κ2) is 8.55. The number of fused-ring (bicyclic) bond motifs is 1. The molecule has 0 radical (unpaired) electrons. The number of aromatic amines is 1. The van der Waals surface area contributed by atoms with Gasteiger partial charge in [-0.05, 0) is 73.6 Å². The lowest BCUT2D eigenvalue weighted by Gasteiger charge is -2.25. The number of H-pyrrole nitrogens is 1. The number of nitrogens with one attached hydrogen (secondary N) is 2. The number of aromatic nitrogens is 1. The highest BCUT2D eigenvalue weighted by molar-refractivity contribution is 7.80. The molecular weight excluding hydrogens is 394 g/mol. The van der Waals surface area contributed by atoms with Crippen LogP contribution in [0.25, 0.3) is 10.9 Å². The molecule has 0 unspecified atom stereocenters. The van der Waals surface area contributed by atoms with Crippen LogP contribution in [0, 0.1) is 13.8 Å². The third-order valence-electron chi connectivity index (χ3n) is 4.99.